The molecule has 4 heteroatoms. The molecule has 1 fully saturated rings. The Hall–Kier alpha value is -1.26. The fourth-order valence-electron chi connectivity index (χ4n) is 2.59. The number of nitrogen functional groups attached to an aromatic ring is 1. The average Bonchev–Trinajstić information content (AvgIpc) is 2.40. The zero-order valence-electron chi connectivity index (χ0n) is 11.0. The molecule has 0 spiro atoms. The van der Waals surface area contributed by atoms with Crippen LogP contribution >= 0.6 is 0 Å². The standard InChI is InChI=1S/C14H23N3O/c1-16(10-11-18)13-6-8-17(9-7-13)14-4-2-12(15)3-5-14/h2-5,13,18H,6-11,15H2,1H3. The zero-order valence-corrected chi connectivity index (χ0v) is 11.0. The predicted octanol–water partition coefficient (Wildman–Crippen LogP) is 1.16. The van der Waals surface area contributed by atoms with Gasteiger partial charge in [-0.15, -0.1) is 0 Å². The van der Waals surface area contributed by atoms with Gasteiger partial charge in [-0.05, 0) is 44.2 Å². The maximum Gasteiger partial charge on any atom is 0.0558 e. The normalized spacial score (nSPS) is 17.4. The highest BCUT2D eigenvalue weighted by atomic mass is 16.3. The van der Waals surface area contributed by atoms with Gasteiger partial charge in [0.1, 0.15) is 0 Å². The van der Waals surface area contributed by atoms with Crippen LogP contribution in [0.4, 0.5) is 11.4 Å². The second kappa shape index (κ2) is 6.07. The van der Waals surface area contributed by atoms with Gasteiger partial charge in [0.25, 0.3) is 0 Å². The molecule has 1 aliphatic heterocycles. The van der Waals surface area contributed by atoms with E-state index in [-0.39, 0.29) is 6.61 Å². The molecule has 1 aliphatic rings. The van der Waals surface area contributed by atoms with Crippen molar-refractivity contribution in [3.63, 3.8) is 0 Å². The van der Waals surface area contributed by atoms with Crippen molar-refractivity contribution < 1.29 is 5.11 Å². The Morgan fingerprint density at radius 2 is 1.89 bits per heavy atom. The number of nitrogens with two attached hydrogens (primary N) is 1. The molecule has 1 heterocycles. The van der Waals surface area contributed by atoms with Crippen LogP contribution in [-0.2, 0) is 0 Å². The summed E-state index contributed by atoms with van der Waals surface area (Å²) in [5.41, 5.74) is 7.78. The first kappa shape index (κ1) is 13.2. The Kier molecular flexibility index (Phi) is 4.44. The smallest absolute Gasteiger partial charge is 0.0558 e. The summed E-state index contributed by atoms with van der Waals surface area (Å²) in [6.45, 7) is 3.16. The lowest BCUT2D eigenvalue weighted by Gasteiger charge is -2.37. The lowest BCUT2D eigenvalue weighted by molar-refractivity contribution is 0.162. The van der Waals surface area contributed by atoms with Crippen molar-refractivity contribution in [3.05, 3.63) is 24.3 Å². The van der Waals surface area contributed by atoms with E-state index in [1.54, 1.807) is 0 Å². The van der Waals surface area contributed by atoms with Crippen LogP contribution in [0, 0.1) is 0 Å². The van der Waals surface area contributed by atoms with Gasteiger partial charge in [0.15, 0.2) is 0 Å². The minimum Gasteiger partial charge on any atom is -0.399 e. The SMILES string of the molecule is CN(CCO)C1CCN(c2ccc(N)cc2)CC1. The van der Waals surface area contributed by atoms with Crippen LogP contribution in [0.2, 0.25) is 0 Å². The zero-order chi connectivity index (χ0) is 13.0. The largest absolute Gasteiger partial charge is 0.399 e. The molecule has 0 unspecified atom stereocenters. The van der Waals surface area contributed by atoms with Crippen molar-refractivity contribution in [3.8, 4) is 0 Å². The summed E-state index contributed by atoms with van der Waals surface area (Å²) in [5.74, 6) is 0. The van der Waals surface area contributed by atoms with Gasteiger partial charge in [-0.3, -0.25) is 0 Å². The van der Waals surface area contributed by atoms with Crippen LogP contribution in [0.1, 0.15) is 12.8 Å². The summed E-state index contributed by atoms with van der Waals surface area (Å²) in [6.07, 6.45) is 2.31. The maximum absolute atomic E-state index is 8.96. The molecule has 0 amide bonds. The first-order chi connectivity index (χ1) is 8.70. The summed E-state index contributed by atoms with van der Waals surface area (Å²) in [6, 6.07) is 8.70. The van der Waals surface area contributed by atoms with Gasteiger partial charge < -0.3 is 20.6 Å². The van der Waals surface area contributed by atoms with Crippen molar-refractivity contribution in [1.29, 1.82) is 0 Å². The third-order valence-corrected chi connectivity index (χ3v) is 3.80. The number of rotatable bonds is 4. The lowest BCUT2D eigenvalue weighted by atomic mass is 10.0. The Bertz CT molecular complexity index is 358. The molecule has 3 N–H and O–H groups in total. The minimum atomic E-state index is 0.245. The van der Waals surface area contributed by atoms with Gasteiger partial charge in [0.05, 0.1) is 6.61 Å². The highest BCUT2D eigenvalue weighted by Crippen LogP contribution is 2.22. The fraction of sp³-hybridized carbons (Fsp3) is 0.571. The van der Waals surface area contributed by atoms with Gasteiger partial charge >= 0.3 is 0 Å². The number of likely N-dealkylation sites (N-methyl/N-ethyl adjacent to an activating group) is 1. The summed E-state index contributed by atoms with van der Waals surface area (Å²) in [7, 11) is 2.10. The number of nitrogens with zero attached hydrogens (tertiary/aromatic N) is 2. The van der Waals surface area contributed by atoms with E-state index in [0.29, 0.717) is 6.04 Å². The second-order valence-corrected chi connectivity index (χ2v) is 5.01. The van der Waals surface area contributed by atoms with E-state index < -0.39 is 0 Å². The lowest BCUT2D eigenvalue weighted by Crippen LogP contribution is -2.44. The number of hydrogen-bond donors (Lipinski definition) is 2. The van der Waals surface area contributed by atoms with Gasteiger partial charge in [0, 0.05) is 37.1 Å². The molecule has 0 radical (unpaired) electrons. The van der Waals surface area contributed by atoms with E-state index >= 15 is 0 Å². The van der Waals surface area contributed by atoms with Crippen molar-refractivity contribution >= 4 is 11.4 Å². The third kappa shape index (κ3) is 3.15. The van der Waals surface area contributed by atoms with Crippen LogP contribution in [0.15, 0.2) is 24.3 Å². The molecular formula is C14H23N3O. The van der Waals surface area contributed by atoms with E-state index in [2.05, 4.69) is 29.0 Å². The molecule has 2 rings (SSSR count). The molecule has 1 saturated heterocycles. The Morgan fingerprint density at radius 1 is 1.28 bits per heavy atom. The molecule has 0 saturated carbocycles. The van der Waals surface area contributed by atoms with Crippen LogP contribution < -0.4 is 10.6 Å². The number of aliphatic hydroxyl groups is 1. The molecule has 0 aromatic heterocycles. The molecule has 18 heavy (non-hydrogen) atoms. The maximum atomic E-state index is 8.96. The molecule has 100 valence electrons. The first-order valence-electron chi connectivity index (χ1n) is 6.62. The van der Waals surface area contributed by atoms with Crippen LogP contribution in [0.25, 0.3) is 0 Å². The van der Waals surface area contributed by atoms with Crippen LogP contribution in [0.5, 0.6) is 0 Å². The summed E-state index contributed by atoms with van der Waals surface area (Å²) < 4.78 is 0. The van der Waals surface area contributed by atoms with E-state index in [1.807, 2.05) is 12.1 Å². The monoisotopic (exact) mass is 249 g/mol. The fourth-order valence-corrected chi connectivity index (χ4v) is 2.59. The van der Waals surface area contributed by atoms with Crippen molar-refractivity contribution in [2.75, 3.05) is 43.9 Å². The van der Waals surface area contributed by atoms with Crippen LogP contribution in [-0.4, -0.2) is 49.3 Å². The topological polar surface area (TPSA) is 52.7 Å². The van der Waals surface area contributed by atoms with Crippen molar-refractivity contribution in [2.24, 2.45) is 0 Å². The minimum absolute atomic E-state index is 0.245. The third-order valence-electron chi connectivity index (χ3n) is 3.80. The molecule has 0 aliphatic carbocycles. The molecule has 0 atom stereocenters. The van der Waals surface area contributed by atoms with Gasteiger partial charge in [-0.25, -0.2) is 0 Å². The van der Waals surface area contributed by atoms with Gasteiger partial charge in [-0.1, -0.05) is 0 Å². The molecular weight excluding hydrogens is 226 g/mol. The van der Waals surface area contributed by atoms with Gasteiger partial charge in [-0.2, -0.15) is 0 Å². The van der Waals surface area contributed by atoms with E-state index in [0.717, 1.165) is 38.2 Å². The number of piperidine rings is 1. The van der Waals surface area contributed by atoms with Gasteiger partial charge in [0.2, 0.25) is 0 Å². The molecule has 0 bridgehead atoms. The van der Waals surface area contributed by atoms with E-state index in [4.69, 9.17) is 10.8 Å². The summed E-state index contributed by atoms with van der Waals surface area (Å²) in [4.78, 5) is 4.67. The Morgan fingerprint density at radius 3 is 2.44 bits per heavy atom. The molecule has 4 nitrogen and oxygen atoms in total. The Balaban J connectivity index is 1.88. The van der Waals surface area contributed by atoms with E-state index in [1.165, 1.54) is 5.69 Å². The molecule has 1 aromatic carbocycles. The number of benzene rings is 1. The quantitative estimate of drug-likeness (QED) is 0.786. The van der Waals surface area contributed by atoms with E-state index in [9.17, 15) is 0 Å². The Labute approximate surface area is 109 Å². The average molecular weight is 249 g/mol. The number of hydrogen-bond acceptors (Lipinski definition) is 4. The summed E-state index contributed by atoms with van der Waals surface area (Å²) in [5, 5.41) is 8.96. The number of anilines is 2. The summed E-state index contributed by atoms with van der Waals surface area (Å²) >= 11 is 0. The van der Waals surface area contributed by atoms with Crippen molar-refractivity contribution in [1.82, 2.24) is 4.90 Å². The highest BCUT2D eigenvalue weighted by molar-refractivity contribution is 5.53. The first-order valence-corrected chi connectivity index (χ1v) is 6.62. The highest BCUT2D eigenvalue weighted by Gasteiger charge is 2.22. The van der Waals surface area contributed by atoms with Crippen LogP contribution in [0.3, 0.4) is 0 Å². The molecule has 1 aromatic rings. The van der Waals surface area contributed by atoms with Crippen molar-refractivity contribution in [2.45, 2.75) is 18.9 Å². The predicted molar refractivity (Wildman–Crippen MR) is 75.8 cm³/mol. The second-order valence-electron chi connectivity index (χ2n) is 5.01. The number of aliphatic hydroxyl groups excluding tert-OH is 1.